The molecule has 20 heavy (non-hydrogen) atoms. The fourth-order valence-corrected chi connectivity index (χ4v) is 2.00. The molecular formula is C16H13N3O. The van der Waals surface area contributed by atoms with Gasteiger partial charge in [-0.25, -0.2) is 4.68 Å². The molecule has 1 heterocycles. The number of hydrogen-bond donors (Lipinski definition) is 0. The van der Waals surface area contributed by atoms with Crippen molar-refractivity contribution in [2.75, 3.05) is 0 Å². The molecule has 0 atom stereocenters. The first-order valence-corrected chi connectivity index (χ1v) is 6.33. The molecule has 0 amide bonds. The van der Waals surface area contributed by atoms with E-state index in [1.165, 1.54) is 0 Å². The van der Waals surface area contributed by atoms with Gasteiger partial charge in [-0.1, -0.05) is 35.5 Å². The Bertz CT molecular complexity index is 730. The van der Waals surface area contributed by atoms with E-state index in [-0.39, 0.29) is 5.78 Å². The minimum Gasteiger partial charge on any atom is -0.289 e. The number of carbonyl (C=O) groups is 1. The van der Waals surface area contributed by atoms with Gasteiger partial charge in [0.05, 0.1) is 17.6 Å². The van der Waals surface area contributed by atoms with E-state index < -0.39 is 0 Å². The van der Waals surface area contributed by atoms with Crippen molar-refractivity contribution in [2.24, 2.45) is 0 Å². The second kappa shape index (κ2) is 5.09. The normalized spacial score (nSPS) is 10.4. The first-order chi connectivity index (χ1) is 9.74. The molecule has 98 valence electrons. The quantitative estimate of drug-likeness (QED) is 0.683. The lowest BCUT2D eigenvalue weighted by atomic mass is 10.0. The van der Waals surface area contributed by atoms with Crippen molar-refractivity contribution < 1.29 is 4.79 Å². The van der Waals surface area contributed by atoms with Gasteiger partial charge in [0.25, 0.3) is 0 Å². The summed E-state index contributed by atoms with van der Waals surface area (Å²) in [6, 6.07) is 16.6. The molecule has 1 aromatic heterocycles. The molecule has 3 aromatic rings. The number of benzene rings is 2. The van der Waals surface area contributed by atoms with Gasteiger partial charge in [0.2, 0.25) is 0 Å². The Balaban J connectivity index is 1.88. The van der Waals surface area contributed by atoms with Crippen LogP contribution in [0.2, 0.25) is 0 Å². The summed E-state index contributed by atoms with van der Waals surface area (Å²) in [6.07, 6.45) is 1.84. The summed E-state index contributed by atoms with van der Waals surface area (Å²) < 4.78 is 1.69. The van der Waals surface area contributed by atoms with Crippen LogP contribution in [0.3, 0.4) is 0 Å². The molecule has 4 nitrogen and oxygen atoms in total. The first-order valence-electron chi connectivity index (χ1n) is 6.33. The molecule has 0 spiro atoms. The van der Waals surface area contributed by atoms with Crippen molar-refractivity contribution in [2.45, 2.75) is 6.92 Å². The molecule has 0 saturated heterocycles. The molecular weight excluding hydrogens is 250 g/mol. The average Bonchev–Trinajstić information content (AvgIpc) is 2.94. The Morgan fingerprint density at radius 1 is 0.950 bits per heavy atom. The van der Waals surface area contributed by atoms with Gasteiger partial charge in [-0.3, -0.25) is 4.79 Å². The van der Waals surface area contributed by atoms with Crippen LogP contribution in [-0.4, -0.2) is 20.8 Å². The van der Waals surface area contributed by atoms with Crippen LogP contribution in [-0.2, 0) is 0 Å². The van der Waals surface area contributed by atoms with E-state index in [2.05, 4.69) is 10.3 Å². The van der Waals surface area contributed by atoms with Gasteiger partial charge in [-0.15, -0.1) is 5.10 Å². The zero-order chi connectivity index (χ0) is 13.9. The topological polar surface area (TPSA) is 47.8 Å². The largest absolute Gasteiger partial charge is 0.289 e. The first kappa shape index (κ1) is 12.3. The molecule has 0 radical (unpaired) electrons. The number of hydrogen-bond acceptors (Lipinski definition) is 3. The smallest absolute Gasteiger partial charge is 0.193 e. The van der Waals surface area contributed by atoms with Crippen LogP contribution < -0.4 is 0 Å². The molecule has 0 fully saturated rings. The van der Waals surface area contributed by atoms with Crippen LogP contribution in [0.4, 0.5) is 0 Å². The second-order valence-corrected chi connectivity index (χ2v) is 4.55. The van der Waals surface area contributed by atoms with Gasteiger partial charge in [-0.05, 0) is 31.2 Å². The highest BCUT2D eigenvalue weighted by atomic mass is 16.1. The summed E-state index contributed by atoms with van der Waals surface area (Å²) in [5.74, 6) is 0.0203. The molecule has 0 unspecified atom stereocenters. The maximum atomic E-state index is 12.3. The highest BCUT2D eigenvalue weighted by Crippen LogP contribution is 2.13. The summed E-state index contributed by atoms with van der Waals surface area (Å²) in [7, 11) is 0. The zero-order valence-electron chi connectivity index (χ0n) is 11.0. The van der Waals surface area contributed by atoms with Crippen LogP contribution >= 0.6 is 0 Å². The number of nitrogens with zero attached hydrogens (tertiary/aromatic N) is 3. The molecule has 0 aliphatic heterocycles. The average molecular weight is 263 g/mol. The summed E-state index contributed by atoms with van der Waals surface area (Å²) in [4.78, 5) is 12.3. The van der Waals surface area contributed by atoms with Crippen LogP contribution in [0.5, 0.6) is 0 Å². The molecule has 0 saturated carbocycles. The Morgan fingerprint density at radius 2 is 1.60 bits per heavy atom. The Kier molecular flexibility index (Phi) is 3.13. The van der Waals surface area contributed by atoms with Crippen molar-refractivity contribution in [3.63, 3.8) is 0 Å². The highest BCUT2D eigenvalue weighted by Gasteiger charge is 2.08. The Hall–Kier alpha value is -2.75. The zero-order valence-corrected chi connectivity index (χ0v) is 11.0. The maximum absolute atomic E-state index is 12.3. The van der Waals surface area contributed by atoms with E-state index in [1.54, 1.807) is 4.68 Å². The Labute approximate surface area is 116 Å². The van der Waals surface area contributed by atoms with Crippen LogP contribution in [0.25, 0.3) is 5.69 Å². The van der Waals surface area contributed by atoms with Gasteiger partial charge in [0.1, 0.15) is 0 Å². The fourth-order valence-electron chi connectivity index (χ4n) is 2.00. The third-order valence-electron chi connectivity index (χ3n) is 3.04. The lowest BCUT2D eigenvalue weighted by Crippen LogP contribution is -2.02. The molecule has 4 heteroatoms. The molecule has 0 bridgehead atoms. The minimum atomic E-state index is 0.0203. The Morgan fingerprint density at radius 3 is 2.20 bits per heavy atom. The van der Waals surface area contributed by atoms with Crippen molar-refractivity contribution in [3.8, 4) is 5.69 Å². The third-order valence-corrected chi connectivity index (χ3v) is 3.04. The van der Waals surface area contributed by atoms with E-state index in [9.17, 15) is 4.79 Å². The number of aromatic nitrogens is 3. The monoisotopic (exact) mass is 263 g/mol. The minimum absolute atomic E-state index is 0.0203. The SMILES string of the molecule is Cc1cn(-c2ccc(C(=O)c3ccccc3)cc2)nn1. The molecule has 3 rings (SSSR count). The third kappa shape index (κ3) is 2.36. The number of ketones is 1. The number of carbonyl (C=O) groups excluding carboxylic acids is 1. The standard InChI is InChI=1S/C16H13N3O/c1-12-11-19(18-17-12)15-9-7-14(8-10-15)16(20)13-5-3-2-4-6-13/h2-11H,1H3. The second-order valence-electron chi connectivity index (χ2n) is 4.55. The van der Waals surface area contributed by atoms with E-state index in [0.717, 1.165) is 11.4 Å². The molecule has 2 aromatic carbocycles. The lowest BCUT2D eigenvalue weighted by molar-refractivity contribution is 0.103. The van der Waals surface area contributed by atoms with E-state index in [1.807, 2.05) is 67.7 Å². The van der Waals surface area contributed by atoms with Gasteiger partial charge >= 0.3 is 0 Å². The number of rotatable bonds is 3. The van der Waals surface area contributed by atoms with Gasteiger partial charge in [-0.2, -0.15) is 0 Å². The van der Waals surface area contributed by atoms with Gasteiger partial charge in [0.15, 0.2) is 5.78 Å². The van der Waals surface area contributed by atoms with Gasteiger partial charge in [0, 0.05) is 11.1 Å². The van der Waals surface area contributed by atoms with E-state index >= 15 is 0 Å². The summed E-state index contributed by atoms with van der Waals surface area (Å²) in [5.41, 5.74) is 3.10. The van der Waals surface area contributed by atoms with Crippen molar-refractivity contribution in [1.82, 2.24) is 15.0 Å². The van der Waals surface area contributed by atoms with Crippen LogP contribution in [0, 0.1) is 6.92 Å². The summed E-state index contributed by atoms with van der Waals surface area (Å²) in [6.45, 7) is 1.89. The fraction of sp³-hybridized carbons (Fsp3) is 0.0625. The molecule has 0 aliphatic rings. The maximum Gasteiger partial charge on any atom is 0.193 e. The highest BCUT2D eigenvalue weighted by molar-refractivity contribution is 6.09. The van der Waals surface area contributed by atoms with E-state index in [0.29, 0.717) is 11.1 Å². The molecule has 0 aliphatic carbocycles. The summed E-state index contributed by atoms with van der Waals surface area (Å²) >= 11 is 0. The summed E-state index contributed by atoms with van der Waals surface area (Å²) in [5, 5.41) is 7.94. The molecule has 0 N–H and O–H groups in total. The van der Waals surface area contributed by atoms with Crippen molar-refractivity contribution >= 4 is 5.78 Å². The predicted molar refractivity (Wildman–Crippen MR) is 76.0 cm³/mol. The van der Waals surface area contributed by atoms with E-state index in [4.69, 9.17) is 0 Å². The van der Waals surface area contributed by atoms with Crippen molar-refractivity contribution in [3.05, 3.63) is 77.6 Å². The van der Waals surface area contributed by atoms with Crippen LogP contribution in [0.15, 0.2) is 60.8 Å². The van der Waals surface area contributed by atoms with Crippen molar-refractivity contribution in [1.29, 1.82) is 0 Å². The van der Waals surface area contributed by atoms with Crippen LogP contribution in [0.1, 0.15) is 21.6 Å². The lowest BCUT2D eigenvalue weighted by Gasteiger charge is -2.03. The predicted octanol–water partition coefficient (Wildman–Crippen LogP) is 2.81. The number of aryl methyl sites for hydroxylation is 1. The van der Waals surface area contributed by atoms with Gasteiger partial charge < -0.3 is 0 Å².